The van der Waals surface area contributed by atoms with Gasteiger partial charge in [0.15, 0.2) is 0 Å². The van der Waals surface area contributed by atoms with E-state index >= 15 is 0 Å². The molecule has 160 valence electrons. The van der Waals surface area contributed by atoms with Gasteiger partial charge in [-0.25, -0.2) is 0 Å². The van der Waals surface area contributed by atoms with Gasteiger partial charge in [0.05, 0.1) is 0 Å². The first-order valence-electron chi connectivity index (χ1n) is 10.4. The second-order valence-electron chi connectivity index (χ2n) is 7.84. The number of carbonyl (C=O) groups is 2. The highest BCUT2D eigenvalue weighted by Gasteiger charge is 2.22. The first-order valence-corrected chi connectivity index (χ1v) is 11.3. The number of rotatable bonds is 8. The van der Waals surface area contributed by atoms with Crippen molar-refractivity contribution in [1.82, 2.24) is 5.32 Å². The van der Waals surface area contributed by atoms with E-state index in [1.807, 2.05) is 73.7 Å². The van der Waals surface area contributed by atoms with E-state index in [9.17, 15) is 9.59 Å². The number of anilines is 1. The maximum Gasteiger partial charge on any atom is 0.251 e. The number of amides is 2. The molecular formula is C26H28N2O2S. The van der Waals surface area contributed by atoms with Crippen molar-refractivity contribution < 1.29 is 9.59 Å². The van der Waals surface area contributed by atoms with E-state index in [4.69, 9.17) is 0 Å². The lowest BCUT2D eigenvalue weighted by molar-refractivity contribution is -0.115. The summed E-state index contributed by atoms with van der Waals surface area (Å²) in [4.78, 5) is 26.6. The highest BCUT2D eigenvalue weighted by atomic mass is 32.2. The molecule has 0 spiro atoms. The van der Waals surface area contributed by atoms with Crippen LogP contribution < -0.4 is 10.6 Å². The third kappa shape index (κ3) is 6.46. The summed E-state index contributed by atoms with van der Waals surface area (Å²) in [6.45, 7) is 6.64. The van der Waals surface area contributed by atoms with Crippen LogP contribution in [-0.2, 0) is 4.79 Å². The summed E-state index contributed by atoms with van der Waals surface area (Å²) in [6.07, 6.45) is 0. The molecule has 0 bridgehead atoms. The van der Waals surface area contributed by atoms with Gasteiger partial charge in [-0.3, -0.25) is 9.59 Å². The predicted octanol–water partition coefficient (Wildman–Crippen LogP) is 5.85. The van der Waals surface area contributed by atoms with E-state index in [-0.39, 0.29) is 11.8 Å². The molecule has 0 radical (unpaired) electrons. The first-order chi connectivity index (χ1) is 14.9. The average molecular weight is 433 g/mol. The lowest BCUT2D eigenvalue weighted by Gasteiger charge is -2.18. The van der Waals surface area contributed by atoms with Crippen LogP contribution >= 0.6 is 11.8 Å². The second-order valence-corrected chi connectivity index (χ2v) is 9.02. The van der Waals surface area contributed by atoms with Crippen molar-refractivity contribution in [3.8, 4) is 0 Å². The van der Waals surface area contributed by atoms with Gasteiger partial charge in [0, 0.05) is 22.7 Å². The molecule has 0 saturated carbocycles. The second kappa shape index (κ2) is 10.8. The first kappa shape index (κ1) is 22.6. The summed E-state index contributed by atoms with van der Waals surface area (Å²) in [5.41, 5.74) is 3.09. The smallest absolute Gasteiger partial charge is 0.251 e. The van der Waals surface area contributed by atoms with Gasteiger partial charge in [-0.1, -0.05) is 62.4 Å². The van der Waals surface area contributed by atoms with Crippen LogP contribution in [0.15, 0.2) is 83.8 Å². The number of hydrogen-bond donors (Lipinski definition) is 2. The maximum absolute atomic E-state index is 13.3. The van der Waals surface area contributed by atoms with E-state index in [1.54, 1.807) is 12.1 Å². The van der Waals surface area contributed by atoms with Gasteiger partial charge in [0.25, 0.3) is 5.91 Å². The van der Waals surface area contributed by atoms with Crippen LogP contribution in [0, 0.1) is 12.8 Å². The van der Waals surface area contributed by atoms with Crippen molar-refractivity contribution in [2.24, 2.45) is 5.92 Å². The van der Waals surface area contributed by atoms with Gasteiger partial charge in [0.1, 0.15) is 5.25 Å². The Kier molecular flexibility index (Phi) is 7.90. The largest absolute Gasteiger partial charge is 0.352 e. The summed E-state index contributed by atoms with van der Waals surface area (Å²) in [7, 11) is 0. The summed E-state index contributed by atoms with van der Waals surface area (Å²) >= 11 is 1.52. The molecule has 5 heteroatoms. The summed E-state index contributed by atoms with van der Waals surface area (Å²) < 4.78 is 0. The molecule has 3 aromatic carbocycles. The van der Waals surface area contributed by atoms with Crippen molar-refractivity contribution in [3.63, 3.8) is 0 Å². The van der Waals surface area contributed by atoms with Gasteiger partial charge in [0.2, 0.25) is 5.91 Å². The molecule has 1 unspecified atom stereocenters. The Morgan fingerprint density at radius 3 is 2.16 bits per heavy atom. The van der Waals surface area contributed by atoms with Gasteiger partial charge < -0.3 is 10.6 Å². The van der Waals surface area contributed by atoms with E-state index in [1.165, 1.54) is 11.8 Å². The van der Waals surface area contributed by atoms with E-state index < -0.39 is 5.25 Å². The lowest BCUT2D eigenvalue weighted by Crippen LogP contribution is -2.27. The SMILES string of the molecule is Cc1cc(C(=O)NCC(C)C)ccc1NC(=O)C(Sc1ccccc1)c1ccccc1. The highest BCUT2D eigenvalue weighted by molar-refractivity contribution is 8.00. The van der Waals surface area contributed by atoms with Crippen molar-refractivity contribution in [2.45, 2.75) is 30.9 Å². The third-order valence-corrected chi connectivity index (χ3v) is 6.02. The van der Waals surface area contributed by atoms with Crippen LogP contribution in [0.4, 0.5) is 5.69 Å². The predicted molar refractivity (Wildman–Crippen MR) is 128 cm³/mol. The fourth-order valence-corrected chi connectivity index (χ4v) is 4.12. The minimum absolute atomic E-state index is 0.0971. The zero-order chi connectivity index (χ0) is 22.2. The van der Waals surface area contributed by atoms with Crippen LogP contribution in [0.25, 0.3) is 0 Å². The highest BCUT2D eigenvalue weighted by Crippen LogP contribution is 2.36. The van der Waals surface area contributed by atoms with E-state index in [2.05, 4.69) is 24.5 Å². The van der Waals surface area contributed by atoms with Gasteiger partial charge in [-0.2, -0.15) is 0 Å². The Morgan fingerprint density at radius 1 is 0.903 bits per heavy atom. The number of benzene rings is 3. The molecule has 3 rings (SSSR count). The fourth-order valence-electron chi connectivity index (χ4n) is 3.08. The standard InChI is InChI=1S/C26H28N2O2S/c1-18(2)17-27-25(29)21-14-15-23(19(3)16-21)28-26(30)24(20-10-6-4-7-11-20)31-22-12-8-5-9-13-22/h4-16,18,24H,17H2,1-3H3,(H,27,29)(H,28,30). The quantitative estimate of drug-likeness (QED) is 0.439. The lowest BCUT2D eigenvalue weighted by atomic mass is 10.1. The zero-order valence-electron chi connectivity index (χ0n) is 18.1. The summed E-state index contributed by atoms with van der Waals surface area (Å²) in [5, 5.41) is 5.59. The van der Waals surface area contributed by atoms with E-state index in [0.717, 1.165) is 16.0 Å². The van der Waals surface area contributed by atoms with Crippen LogP contribution in [0.5, 0.6) is 0 Å². The molecule has 0 aromatic heterocycles. The van der Waals surface area contributed by atoms with Crippen molar-refractivity contribution in [3.05, 3.63) is 95.6 Å². The monoisotopic (exact) mass is 432 g/mol. The van der Waals surface area contributed by atoms with E-state index in [0.29, 0.717) is 23.7 Å². The number of carbonyl (C=O) groups excluding carboxylic acids is 2. The molecule has 3 aromatic rings. The molecular weight excluding hydrogens is 404 g/mol. The van der Waals surface area contributed by atoms with Crippen LogP contribution in [0.1, 0.15) is 40.6 Å². The molecule has 0 saturated heterocycles. The molecule has 0 aliphatic carbocycles. The Morgan fingerprint density at radius 2 is 1.55 bits per heavy atom. The van der Waals surface area contributed by atoms with Gasteiger partial charge in [-0.15, -0.1) is 11.8 Å². The zero-order valence-corrected chi connectivity index (χ0v) is 18.9. The van der Waals surface area contributed by atoms with Gasteiger partial charge >= 0.3 is 0 Å². The number of nitrogens with one attached hydrogen (secondary N) is 2. The molecule has 0 aliphatic heterocycles. The van der Waals surface area contributed by atoms with Crippen LogP contribution in [0.2, 0.25) is 0 Å². The van der Waals surface area contributed by atoms with Crippen molar-refractivity contribution >= 4 is 29.3 Å². The van der Waals surface area contributed by atoms with Crippen LogP contribution in [-0.4, -0.2) is 18.4 Å². The molecule has 1 atom stereocenters. The minimum Gasteiger partial charge on any atom is -0.352 e. The Labute approximate surface area is 188 Å². The molecule has 2 amide bonds. The Balaban J connectivity index is 1.77. The Bertz CT molecular complexity index is 1020. The van der Waals surface area contributed by atoms with Crippen molar-refractivity contribution in [1.29, 1.82) is 0 Å². The topological polar surface area (TPSA) is 58.2 Å². The van der Waals surface area contributed by atoms with Gasteiger partial charge in [-0.05, 0) is 54.3 Å². The molecule has 2 N–H and O–H groups in total. The molecule has 0 aliphatic rings. The van der Waals surface area contributed by atoms with Crippen LogP contribution in [0.3, 0.4) is 0 Å². The fraction of sp³-hybridized carbons (Fsp3) is 0.231. The molecule has 0 fully saturated rings. The maximum atomic E-state index is 13.3. The summed E-state index contributed by atoms with van der Waals surface area (Å²) in [5.74, 6) is 0.192. The number of aryl methyl sites for hydroxylation is 1. The normalized spacial score (nSPS) is 11.7. The number of hydrogen-bond acceptors (Lipinski definition) is 3. The third-order valence-electron chi connectivity index (χ3n) is 4.75. The molecule has 31 heavy (non-hydrogen) atoms. The average Bonchev–Trinajstić information content (AvgIpc) is 2.78. The molecule has 0 heterocycles. The number of thioether (sulfide) groups is 1. The van der Waals surface area contributed by atoms with Crippen molar-refractivity contribution in [2.75, 3.05) is 11.9 Å². The molecule has 4 nitrogen and oxygen atoms in total. The Hall–Kier alpha value is -3.05. The summed E-state index contributed by atoms with van der Waals surface area (Å²) in [6, 6.07) is 25.0. The minimum atomic E-state index is -0.392.